The van der Waals surface area contributed by atoms with E-state index in [1.807, 2.05) is 17.5 Å². The van der Waals surface area contributed by atoms with Crippen molar-refractivity contribution in [3.8, 4) is 11.3 Å². The fourth-order valence-electron chi connectivity index (χ4n) is 2.73. The summed E-state index contributed by atoms with van der Waals surface area (Å²) >= 11 is 0. The average molecular weight is 351 g/mol. The molecule has 3 rings (SSSR count). The second-order valence-corrected chi connectivity index (χ2v) is 6.53. The van der Waals surface area contributed by atoms with E-state index in [1.165, 1.54) is 5.56 Å². The molecule has 0 aliphatic carbocycles. The van der Waals surface area contributed by atoms with Gasteiger partial charge in [0.25, 0.3) is 0 Å². The Labute approximate surface area is 153 Å². The Balaban J connectivity index is 1.81. The molecule has 1 atom stereocenters. The number of aryl methyl sites for hydroxylation is 1. The van der Waals surface area contributed by atoms with Gasteiger partial charge in [0.2, 0.25) is 5.91 Å². The summed E-state index contributed by atoms with van der Waals surface area (Å²) in [4.78, 5) is 20.9. The maximum atomic E-state index is 12.0. The van der Waals surface area contributed by atoms with Crippen molar-refractivity contribution in [3.05, 3.63) is 48.4 Å². The Morgan fingerprint density at radius 3 is 2.77 bits per heavy atom. The van der Waals surface area contributed by atoms with E-state index in [9.17, 15) is 4.79 Å². The molecule has 6 heteroatoms. The molecule has 0 radical (unpaired) electrons. The summed E-state index contributed by atoms with van der Waals surface area (Å²) in [5.41, 5.74) is 3.87. The smallest absolute Gasteiger partial charge is 0.221 e. The summed E-state index contributed by atoms with van der Waals surface area (Å²) in [6.45, 7) is 6.67. The maximum absolute atomic E-state index is 12.0. The lowest BCUT2D eigenvalue weighted by atomic mass is 10.1. The molecule has 26 heavy (non-hydrogen) atoms. The van der Waals surface area contributed by atoms with Gasteiger partial charge in [0.15, 0.2) is 5.65 Å². The summed E-state index contributed by atoms with van der Waals surface area (Å²) in [5, 5.41) is 6.37. The molecular weight excluding hydrogens is 326 g/mol. The number of nitrogens with one attached hydrogen (secondary N) is 2. The molecule has 6 nitrogen and oxygen atoms in total. The molecule has 2 N–H and O–H groups in total. The molecule has 0 spiro atoms. The minimum absolute atomic E-state index is 0.0548. The normalized spacial score (nSPS) is 12.1. The summed E-state index contributed by atoms with van der Waals surface area (Å²) < 4.78 is 1.97. The molecule has 2 heterocycles. The molecule has 1 aromatic carbocycles. The lowest BCUT2D eigenvalue weighted by Gasteiger charge is -2.12. The minimum atomic E-state index is 0.0548. The Morgan fingerprint density at radius 1 is 1.27 bits per heavy atom. The van der Waals surface area contributed by atoms with Crippen LogP contribution in [0, 0.1) is 6.92 Å². The lowest BCUT2D eigenvalue weighted by Crippen LogP contribution is -2.33. The van der Waals surface area contributed by atoms with Gasteiger partial charge in [0.05, 0.1) is 6.20 Å². The molecular formula is C20H25N5O. The maximum Gasteiger partial charge on any atom is 0.221 e. The van der Waals surface area contributed by atoms with Crippen LogP contribution in [0.3, 0.4) is 0 Å². The zero-order chi connectivity index (χ0) is 18.5. The fourth-order valence-corrected chi connectivity index (χ4v) is 2.73. The molecule has 0 saturated carbocycles. The standard InChI is InChI=1S/C20H25N5O/c1-4-15(3)23-18(26)9-10-22-20-19(16-7-5-14(2)6-8-16)24-17-13-21-11-12-25(17)20/h5-8,11-13,15,22H,4,9-10H2,1-3H3,(H,23,26)/t15-/m1/s1. The molecule has 136 valence electrons. The number of hydrogen-bond donors (Lipinski definition) is 2. The van der Waals surface area contributed by atoms with E-state index in [1.54, 1.807) is 12.4 Å². The van der Waals surface area contributed by atoms with E-state index in [4.69, 9.17) is 4.98 Å². The molecule has 0 fully saturated rings. The Bertz CT molecular complexity index is 885. The van der Waals surface area contributed by atoms with Gasteiger partial charge >= 0.3 is 0 Å². The third-order valence-electron chi connectivity index (χ3n) is 4.42. The number of fused-ring (bicyclic) bond motifs is 1. The number of nitrogens with zero attached hydrogens (tertiary/aromatic N) is 3. The zero-order valence-electron chi connectivity index (χ0n) is 15.5. The predicted octanol–water partition coefficient (Wildman–Crippen LogP) is 3.42. The van der Waals surface area contributed by atoms with Gasteiger partial charge in [-0.1, -0.05) is 36.8 Å². The Hall–Kier alpha value is -2.89. The quantitative estimate of drug-likeness (QED) is 0.684. The second-order valence-electron chi connectivity index (χ2n) is 6.53. The largest absolute Gasteiger partial charge is 0.369 e. The van der Waals surface area contributed by atoms with Gasteiger partial charge in [0.1, 0.15) is 11.5 Å². The van der Waals surface area contributed by atoms with Crippen LogP contribution in [0.4, 0.5) is 5.82 Å². The van der Waals surface area contributed by atoms with Crippen LogP contribution in [0.5, 0.6) is 0 Å². The molecule has 2 aromatic heterocycles. The first-order chi connectivity index (χ1) is 12.6. The van der Waals surface area contributed by atoms with Crippen LogP contribution in [-0.4, -0.2) is 32.9 Å². The van der Waals surface area contributed by atoms with Gasteiger partial charge in [-0.15, -0.1) is 0 Å². The van der Waals surface area contributed by atoms with E-state index < -0.39 is 0 Å². The number of hydrogen-bond acceptors (Lipinski definition) is 4. The predicted molar refractivity (Wildman–Crippen MR) is 104 cm³/mol. The number of carbonyl (C=O) groups excluding carboxylic acids is 1. The van der Waals surface area contributed by atoms with Crippen molar-refractivity contribution >= 4 is 17.4 Å². The highest BCUT2D eigenvalue weighted by atomic mass is 16.1. The van der Waals surface area contributed by atoms with Gasteiger partial charge < -0.3 is 10.6 Å². The number of anilines is 1. The van der Waals surface area contributed by atoms with Crippen molar-refractivity contribution in [1.29, 1.82) is 0 Å². The van der Waals surface area contributed by atoms with Gasteiger partial charge in [-0.05, 0) is 20.3 Å². The summed E-state index contributed by atoms with van der Waals surface area (Å²) in [6.07, 6.45) is 6.68. The first-order valence-electron chi connectivity index (χ1n) is 9.01. The third kappa shape index (κ3) is 4.02. The lowest BCUT2D eigenvalue weighted by molar-refractivity contribution is -0.121. The van der Waals surface area contributed by atoms with Gasteiger partial charge in [-0.3, -0.25) is 14.2 Å². The first-order valence-corrected chi connectivity index (χ1v) is 9.01. The third-order valence-corrected chi connectivity index (χ3v) is 4.42. The van der Waals surface area contributed by atoms with E-state index in [0.717, 1.165) is 29.1 Å². The number of aromatic nitrogens is 3. The molecule has 0 aliphatic heterocycles. The Kier molecular flexibility index (Phi) is 5.51. The van der Waals surface area contributed by atoms with E-state index in [-0.39, 0.29) is 11.9 Å². The SMILES string of the molecule is CC[C@@H](C)NC(=O)CCNc1c(-c2ccc(C)cc2)nc2cnccn12. The highest BCUT2D eigenvalue weighted by molar-refractivity contribution is 5.78. The fraction of sp³-hybridized carbons (Fsp3) is 0.350. The average Bonchev–Trinajstić information content (AvgIpc) is 3.01. The van der Waals surface area contributed by atoms with Crippen molar-refractivity contribution in [2.75, 3.05) is 11.9 Å². The van der Waals surface area contributed by atoms with Crippen LogP contribution in [-0.2, 0) is 4.79 Å². The van der Waals surface area contributed by atoms with Crippen LogP contribution in [0.2, 0.25) is 0 Å². The highest BCUT2D eigenvalue weighted by Crippen LogP contribution is 2.28. The van der Waals surface area contributed by atoms with Crippen LogP contribution in [0.25, 0.3) is 16.9 Å². The zero-order valence-corrected chi connectivity index (χ0v) is 15.5. The molecule has 3 aromatic rings. The number of imidazole rings is 1. The molecule has 0 bridgehead atoms. The van der Waals surface area contributed by atoms with Gasteiger partial charge in [0, 0.05) is 37.0 Å². The van der Waals surface area contributed by atoms with Crippen LogP contribution in [0.15, 0.2) is 42.9 Å². The summed E-state index contributed by atoms with van der Waals surface area (Å²) in [7, 11) is 0. The molecule has 1 amide bonds. The van der Waals surface area contributed by atoms with E-state index in [2.05, 4.69) is 53.7 Å². The monoisotopic (exact) mass is 351 g/mol. The number of amides is 1. The van der Waals surface area contributed by atoms with Crippen molar-refractivity contribution in [2.45, 2.75) is 39.7 Å². The van der Waals surface area contributed by atoms with Crippen LogP contribution in [0.1, 0.15) is 32.3 Å². The minimum Gasteiger partial charge on any atom is -0.369 e. The topological polar surface area (TPSA) is 71.3 Å². The van der Waals surface area contributed by atoms with Gasteiger partial charge in [-0.25, -0.2) is 4.98 Å². The van der Waals surface area contributed by atoms with Crippen LogP contribution < -0.4 is 10.6 Å². The van der Waals surface area contributed by atoms with Gasteiger partial charge in [-0.2, -0.15) is 0 Å². The number of carbonyl (C=O) groups is 1. The van der Waals surface area contributed by atoms with Crippen molar-refractivity contribution < 1.29 is 4.79 Å². The summed E-state index contributed by atoms with van der Waals surface area (Å²) in [5.74, 6) is 0.932. The second kappa shape index (κ2) is 7.99. The molecule has 0 aliphatic rings. The number of benzene rings is 1. The van der Waals surface area contributed by atoms with E-state index >= 15 is 0 Å². The highest BCUT2D eigenvalue weighted by Gasteiger charge is 2.14. The summed E-state index contributed by atoms with van der Waals surface area (Å²) in [6, 6.07) is 8.46. The Morgan fingerprint density at radius 2 is 2.04 bits per heavy atom. The first kappa shape index (κ1) is 17.9. The van der Waals surface area contributed by atoms with Crippen molar-refractivity contribution in [1.82, 2.24) is 19.7 Å². The van der Waals surface area contributed by atoms with Crippen molar-refractivity contribution in [3.63, 3.8) is 0 Å². The van der Waals surface area contributed by atoms with E-state index in [0.29, 0.717) is 13.0 Å². The number of rotatable bonds is 7. The van der Waals surface area contributed by atoms with Crippen molar-refractivity contribution in [2.24, 2.45) is 0 Å². The molecule has 0 saturated heterocycles. The van der Waals surface area contributed by atoms with Crippen LogP contribution >= 0.6 is 0 Å². The molecule has 0 unspecified atom stereocenters.